The molecule has 0 bridgehead atoms. The first-order valence-electron chi connectivity index (χ1n) is 7.25. The number of sulfone groups is 1. The smallest absolute Gasteiger partial charge is 0.243 e. The molecule has 0 N–H and O–H groups in total. The Hall–Kier alpha value is -1.12. The lowest BCUT2D eigenvalue weighted by Crippen LogP contribution is -2.40. The highest BCUT2D eigenvalue weighted by molar-refractivity contribution is 7.92. The molecule has 1 fully saturated rings. The molecule has 1 heterocycles. The number of nitrogens with zero attached hydrogens (tertiary/aromatic N) is 1. The van der Waals surface area contributed by atoms with Crippen LogP contribution in [0.1, 0.15) is 20.3 Å². The van der Waals surface area contributed by atoms with E-state index in [1.165, 1.54) is 16.4 Å². The third-order valence-corrected chi connectivity index (χ3v) is 7.46. The van der Waals surface area contributed by atoms with Gasteiger partial charge in [-0.15, -0.1) is 0 Å². The zero-order valence-electron chi connectivity index (χ0n) is 12.7. The van der Waals surface area contributed by atoms with Crippen LogP contribution in [0.3, 0.4) is 0 Å². The van der Waals surface area contributed by atoms with Gasteiger partial charge in [0.1, 0.15) is 5.75 Å². The lowest BCUT2D eigenvalue weighted by atomic mass is 10.3. The number of benzene rings is 1. The second-order valence-electron chi connectivity index (χ2n) is 5.17. The highest BCUT2D eigenvalue weighted by Crippen LogP contribution is 2.25. The van der Waals surface area contributed by atoms with E-state index in [9.17, 15) is 16.8 Å². The van der Waals surface area contributed by atoms with Crippen molar-refractivity contribution in [3.63, 3.8) is 0 Å². The van der Waals surface area contributed by atoms with Gasteiger partial charge in [-0.1, -0.05) is 6.92 Å². The molecule has 0 aromatic heterocycles. The highest BCUT2D eigenvalue weighted by atomic mass is 32.2. The van der Waals surface area contributed by atoms with Crippen LogP contribution in [-0.2, 0) is 19.9 Å². The van der Waals surface area contributed by atoms with Gasteiger partial charge < -0.3 is 4.74 Å². The molecule has 2 rings (SSSR count). The summed E-state index contributed by atoms with van der Waals surface area (Å²) < 4.78 is 55.2. The first kappa shape index (κ1) is 17.2. The SMILES string of the molecule is CCOc1ccc(S(=O)(=O)N(CC)[C@@H]2CCS(=O)(=O)C2)cc1. The lowest BCUT2D eigenvalue weighted by molar-refractivity contribution is 0.339. The highest BCUT2D eigenvalue weighted by Gasteiger charge is 2.37. The minimum Gasteiger partial charge on any atom is -0.494 e. The van der Waals surface area contributed by atoms with Gasteiger partial charge in [0.05, 0.1) is 23.0 Å². The third-order valence-electron chi connectivity index (χ3n) is 3.67. The molecular formula is C14H21NO5S2. The maximum Gasteiger partial charge on any atom is 0.243 e. The van der Waals surface area contributed by atoms with Crippen molar-refractivity contribution < 1.29 is 21.6 Å². The van der Waals surface area contributed by atoms with Crippen molar-refractivity contribution in [3.05, 3.63) is 24.3 Å². The Morgan fingerprint density at radius 1 is 1.23 bits per heavy atom. The summed E-state index contributed by atoms with van der Waals surface area (Å²) in [4.78, 5) is 0.155. The molecule has 1 aliphatic rings. The summed E-state index contributed by atoms with van der Waals surface area (Å²) in [5.74, 6) is 0.553. The Kier molecular flexibility index (Phi) is 5.14. The van der Waals surface area contributed by atoms with Gasteiger partial charge in [-0.25, -0.2) is 16.8 Å². The van der Waals surface area contributed by atoms with Crippen LogP contribution in [0.4, 0.5) is 0 Å². The molecule has 124 valence electrons. The van der Waals surface area contributed by atoms with Gasteiger partial charge >= 0.3 is 0 Å². The maximum absolute atomic E-state index is 12.7. The van der Waals surface area contributed by atoms with Gasteiger partial charge in [-0.2, -0.15) is 4.31 Å². The van der Waals surface area contributed by atoms with Crippen LogP contribution >= 0.6 is 0 Å². The molecule has 0 amide bonds. The second-order valence-corrected chi connectivity index (χ2v) is 9.29. The molecule has 0 radical (unpaired) electrons. The van der Waals surface area contributed by atoms with Crippen LogP contribution in [0.15, 0.2) is 29.2 Å². The van der Waals surface area contributed by atoms with Gasteiger partial charge in [0, 0.05) is 12.6 Å². The van der Waals surface area contributed by atoms with Crippen molar-refractivity contribution >= 4 is 19.9 Å². The van der Waals surface area contributed by atoms with Crippen molar-refractivity contribution in [2.24, 2.45) is 0 Å². The van der Waals surface area contributed by atoms with Crippen LogP contribution in [0.2, 0.25) is 0 Å². The first-order valence-corrected chi connectivity index (χ1v) is 10.5. The van der Waals surface area contributed by atoms with Crippen LogP contribution in [0.5, 0.6) is 5.75 Å². The van der Waals surface area contributed by atoms with Gasteiger partial charge in [0.25, 0.3) is 0 Å². The van der Waals surface area contributed by atoms with Gasteiger partial charge in [0.15, 0.2) is 9.84 Å². The van der Waals surface area contributed by atoms with Crippen LogP contribution < -0.4 is 4.74 Å². The maximum atomic E-state index is 12.7. The van der Waals surface area contributed by atoms with E-state index in [1.54, 1.807) is 19.1 Å². The zero-order valence-corrected chi connectivity index (χ0v) is 14.4. The topological polar surface area (TPSA) is 80.8 Å². The number of sulfonamides is 1. The minimum atomic E-state index is -3.70. The van der Waals surface area contributed by atoms with Crippen LogP contribution in [0, 0.1) is 0 Å². The van der Waals surface area contributed by atoms with Crippen LogP contribution in [0.25, 0.3) is 0 Å². The predicted molar refractivity (Wildman–Crippen MR) is 84.2 cm³/mol. The zero-order chi connectivity index (χ0) is 16.4. The van der Waals surface area contributed by atoms with E-state index in [4.69, 9.17) is 4.74 Å². The summed E-state index contributed by atoms with van der Waals surface area (Å²) in [7, 11) is -6.84. The average molecular weight is 347 g/mol. The molecule has 0 unspecified atom stereocenters. The Labute approximate surface area is 132 Å². The predicted octanol–water partition coefficient (Wildman–Crippen LogP) is 1.28. The standard InChI is InChI=1S/C14H21NO5S2/c1-3-15(12-9-10-21(16,17)11-12)22(18,19)14-7-5-13(6-8-14)20-4-2/h5-8,12H,3-4,9-11H2,1-2H3/t12-/m1/s1. The van der Waals surface area contributed by atoms with Crippen molar-refractivity contribution in [2.75, 3.05) is 24.7 Å². The fraction of sp³-hybridized carbons (Fsp3) is 0.571. The summed E-state index contributed by atoms with van der Waals surface area (Å²) in [6.07, 6.45) is 0.354. The second kappa shape index (κ2) is 6.55. The minimum absolute atomic E-state index is 0.0486. The molecule has 1 aliphatic heterocycles. The van der Waals surface area contributed by atoms with Gasteiger partial charge in [0.2, 0.25) is 10.0 Å². The van der Waals surface area contributed by atoms with E-state index in [0.717, 1.165) is 0 Å². The van der Waals surface area contributed by atoms with E-state index < -0.39 is 25.9 Å². The van der Waals surface area contributed by atoms with E-state index >= 15 is 0 Å². The Morgan fingerprint density at radius 3 is 2.32 bits per heavy atom. The number of hydrogen-bond acceptors (Lipinski definition) is 5. The van der Waals surface area contributed by atoms with Gasteiger partial charge in [-0.05, 0) is 37.6 Å². The molecule has 1 aromatic carbocycles. The van der Waals surface area contributed by atoms with Gasteiger partial charge in [-0.3, -0.25) is 0 Å². The lowest BCUT2D eigenvalue weighted by Gasteiger charge is -2.26. The fourth-order valence-electron chi connectivity index (χ4n) is 2.64. The molecular weight excluding hydrogens is 326 g/mol. The first-order chi connectivity index (χ1) is 10.3. The molecule has 22 heavy (non-hydrogen) atoms. The van der Waals surface area contributed by atoms with Crippen molar-refractivity contribution in [1.29, 1.82) is 0 Å². The Bertz CT molecular complexity index is 710. The fourth-order valence-corrected chi connectivity index (χ4v) is 6.13. The average Bonchev–Trinajstić information content (AvgIpc) is 2.80. The largest absolute Gasteiger partial charge is 0.494 e. The summed E-state index contributed by atoms with van der Waals surface area (Å²) in [6, 6.07) is 5.72. The van der Waals surface area contributed by atoms with Crippen molar-refractivity contribution in [1.82, 2.24) is 4.31 Å². The summed E-state index contributed by atoms with van der Waals surface area (Å²) in [5, 5.41) is 0. The molecule has 6 nitrogen and oxygen atoms in total. The van der Waals surface area contributed by atoms with E-state index in [-0.39, 0.29) is 22.9 Å². The number of hydrogen-bond donors (Lipinski definition) is 0. The normalized spacial score (nSPS) is 21.1. The summed E-state index contributed by atoms with van der Waals surface area (Å²) in [5.41, 5.74) is 0. The molecule has 0 aliphatic carbocycles. The third kappa shape index (κ3) is 3.61. The molecule has 8 heteroatoms. The quantitative estimate of drug-likeness (QED) is 0.774. The van der Waals surface area contributed by atoms with E-state index in [0.29, 0.717) is 18.8 Å². The Balaban J connectivity index is 2.27. The summed E-state index contributed by atoms with van der Waals surface area (Å²) >= 11 is 0. The molecule has 0 spiro atoms. The van der Waals surface area contributed by atoms with E-state index in [1.807, 2.05) is 6.92 Å². The Morgan fingerprint density at radius 2 is 1.86 bits per heavy atom. The van der Waals surface area contributed by atoms with Crippen molar-refractivity contribution in [2.45, 2.75) is 31.2 Å². The number of ether oxygens (including phenoxy) is 1. The molecule has 1 aromatic rings. The summed E-state index contributed by atoms with van der Waals surface area (Å²) in [6.45, 7) is 4.32. The van der Waals surface area contributed by atoms with Crippen molar-refractivity contribution in [3.8, 4) is 5.75 Å². The van der Waals surface area contributed by atoms with Crippen LogP contribution in [-0.4, -0.2) is 51.8 Å². The molecule has 1 atom stereocenters. The monoisotopic (exact) mass is 347 g/mol. The van der Waals surface area contributed by atoms with E-state index in [2.05, 4.69) is 0 Å². The molecule has 0 saturated carbocycles. The number of rotatable bonds is 6. The molecule has 1 saturated heterocycles.